The van der Waals surface area contributed by atoms with Gasteiger partial charge in [-0.1, -0.05) is 30.3 Å². The number of methoxy groups -OCH3 is 2. The third kappa shape index (κ3) is 3.09. The Balaban J connectivity index is 2.24. The molecular formula is C16H16O4. The van der Waals surface area contributed by atoms with E-state index in [1.54, 1.807) is 19.2 Å². The van der Waals surface area contributed by atoms with Crippen molar-refractivity contribution >= 4 is 6.29 Å². The van der Waals surface area contributed by atoms with Crippen LogP contribution in [0, 0.1) is 0 Å². The van der Waals surface area contributed by atoms with Gasteiger partial charge in [0.2, 0.25) is 0 Å². The molecule has 2 aromatic carbocycles. The Hall–Kier alpha value is -2.49. The molecule has 0 saturated heterocycles. The van der Waals surface area contributed by atoms with Gasteiger partial charge in [-0.15, -0.1) is 0 Å². The fraction of sp³-hybridized carbons (Fsp3) is 0.188. The molecule has 2 aromatic rings. The van der Waals surface area contributed by atoms with Crippen molar-refractivity contribution < 1.29 is 19.0 Å². The van der Waals surface area contributed by atoms with Gasteiger partial charge in [0.15, 0.2) is 17.8 Å². The topological polar surface area (TPSA) is 44.8 Å². The lowest BCUT2D eigenvalue weighted by Crippen LogP contribution is -2.00. The van der Waals surface area contributed by atoms with E-state index in [-0.39, 0.29) is 0 Å². The minimum Gasteiger partial charge on any atom is -0.496 e. The largest absolute Gasteiger partial charge is 0.496 e. The van der Waals surface area contributed by atoms with Crippen LogP contribution in [0.2, 0.25) is 0 Å². The summed E-state index contributed by atoms with van der Waals surface area (Å²) in [4.78, 5) is 11.0. The van der Waals surface area contributed by atoms with Crippen molar-refractivity contribution in [3.8, 4) is 17.2 Å². The number of hydrogen-bond acceptors (Lipinski definition) is 4. The van der Waals surface area contributed by atoms with E-state index in [1.165, 1.54) is 7.11 Å². The molecule has 4 heteroatoms. The van der Waals surface area contributed by atoms with Gasteiger partial charge in [0.05, 0.1) is 19.8 Å². The van der Waals surface area contributed by atoms with E-state index in [0.717, 1.165) is 11.8 Å². The van der Waals surface area contributed by atoms with Crippen molar-refractivity contribution in [2.45, 2.75) is 6.61 Å². The highest BCUT2D eigenvalue weighted by Crippen LogP contribution is 2.34. The molecule has 0 saturated carbocycles. The van der Waals surface area contributed by atoms with Crippen LogP contribution in [0.15, 0.2) is 42.5 Å². The van der Waals surface area contributed by atoms with E-state index in [2.05, 4.69) is 0 Å². The molecule has 0 aliphatic rings. The fourth-order valence-corrected chi connectivity index (χ4v) is 1.83. The second kappa shape index (κ2) is 6.61. The molecular weight excluding hydrogens is 256 g/mol. The zero-order chi connectivity index (χ0) is 14.4. The number of rotatable bonds is 6. The standard InChI is InChI=1S/C16H16O4/c1-18-14-9-15(19-2)16(8-13(14)10-17)20-11-12-6-4-3-5-7-12/h3-10H,11H2,1-2H3. The Labute approximate surface area is 117 Å². The molecule has 2 rings (SSSR count). The molecule has 0 atom stereocenters. The first-order valence-electron chi connectivity index (χ1n) is 6.16. The van der Waals surface area contributed by atoms with Gasteiger partial charge in [0.1, 0.15) is 12.4 Å². The van der Waals surface area contributed by atoms with Crippen molar-refractivity contribution in [3.63, 3.8) is 0 Å². The Bertz CT molecular complexity index is 579. The number of ether oxygens (including phenoxy) is 3. The Morgan fingerprint density at radius 1 is 0.950 bits per heavy atom. The molecule has 0 aromatic heterocycles. The highest BCUT2D eigenvalue weighted by Gasteiger charge is 2.12. The molecule has 0 amide bonds. The van der Waals surface area contributed by atoms with E-state index in [1.807, 2.05) is 30.3 Å². The minimum absolute atomic E-state index is 0.405. The van der Waals surface area contributed by atoms with E-state index in [4.69, 9.17) is 14.2 Å². The third-order valence-electron chi connectivity index (χ3n) is 2.88. The molecule has 0 radical (unpaired) electrons. The van der Waals surface area contributed by atoms with Gasteiger partial charge in [0.25, 0.3) is 0 Å². The first-order chi connectivity index (χ1) is 9.78. The maximum atomic E-state index is 11.0. The van der Waals surface area contributed by atoms with Crippen LogP contribution in [0.3, 0.4) is 0 Å². The maximum absolute atomic E-state index is 11.0. The van der Waals surface area contributed by atoms with Crippen LogP contribution in [0.25, 0.3) is 0 Å². The van der Waals surface area contributed by atoms with Crippen molar-refractivity contribution in [2.24, 2.45) is 0 Å². The molecule has 0 bridgehead atoms. The van der Waals surface area contributed by atoms with Gasteiger partial charge >= 0.3 is 0 Å². The van der Waals surface area contributed by atoms with Crippen LogP contribution in [-0.4, -0.2) is 20.5 Å². The monoisotopic (exact) mass is 272 g/mol. The molecule has 0 heterocycles. The van der Waals surface area contributed by atoms with Crippen LogP contribution in [0.4, 0.5) is 0 Å². The number of benzene rings is 2. The van der Waals surface area contributed by atoms with Crippen LogP contribution in [0.5, 0.6) is 17.2 Å². The Morgan fingerprint density at radius 3 is 2.25 bits per heavy atom. The summed E-state index contributed by atoms with van der Waals surface area (Å²) in [5, 5.41) is 0. The van der Waals surface area contributed by atoms with Gasteiger partial charge < -0.3 is 14.2 Å². The summed E-state index contributed by atoms with van der Waals surface area (Å²) in [5.74, 6) is 1.51. The minimum atomic E-state index is 0.405. The maximum Gasteiger partial charge on any atom is 0.164 e. The molecule has 0 aliphatic heterocycles. The van der Waals surface area contributed by atoms with Crippen LogP contribution >= 0.6 is 0 Å². The van der Waals surface area contributed by atoms with E-state index < -0.39 is 0 Å². The summed E-state index contributed by atoms with van der Waals surface area (Å²) < 4.78 is 16.1. The summed E-state index contributed by atoms with van der Waals surface area (Å²) in [6.07, 6.45) is 0.730. The molecule has 104 valence electrons. The number of aldehydes is 1. The first-order valence-corrected chi connectivity index (χ1v) is 6.16. The van der Waals surface area contributed by atoms with E-state index >= 15 is 0 Å². The summed E-state index contributed by atoms with van der Waals surface area (Å²) in [6, 6.07) is 13.0. The first kappa shape index (κ1) is 13.9. The lowest BCUT2D eigenvalue weighted by molar-refractivity contribution is 0.112. The third-order valence-corrected chi connectivity index (χ3v) is 2.88. The Morgan fingerprint density at radius 2 is 1.65 bits per heavy atom. The summed E-state index contributed by atoms with van der Waals surface area (Å²) in [5.41, 5.74) is 1.47. The molecule has 0 unspecified atom stereocenters. The molecule has 20 heavy (non-hydrogen) atoms. The second-order valence-corrected chi connectivity index (χ2v) is 4.14. The quantitative estimate of drug-likeness (QED) is 0.758. The van der Waals surface area contributed by atoms with Gasteiger partial charge in [-0.2, -0.15) is 0 Å². The molecule has 0 fully saturated rings. The lowest BCUT2D eigenvalue weighted by Gasteiger charge is -2.13. The number of carbonyl (C=O) groups is 1. The van der Waals surface area contributed by atoms with Crippen LogP contribution in [0.1, 0.15) is 15.9 Å². The normalized spacial score (nSPS) is 9.90. The van der Waals surface area contributed by atoms with E-state index in [0.29, 0.717) is 29.4 Å². The summed E-state index contributed by atoms with van der Waals surface area (Å²) in [7, 11) is 3.05. The number of hydrogen-bond donors (Lipinski definition) is 0. The predicted octanol–water partition coefficient (Wildman–Crippen LogP) is 3.10. The van der Waals surface area contributed by atoms with Crippen LogP contribution < -0.4 is 14.2 Å². The zero-order valence-electron chi connectivity index (χ0n) is 11.5. The van der Waals surface area contributed by atoms with Gasteiger partial charge in [-0.05, 0) is 11.6 Å². The van der Waals surface area contributed by atoms with Gasteiger partial charge in [-0.3, -0.25) is 4.79 Å². The highest BCUT2D eigenvalue weighted by atomic mass is 16.5. The second-order valence-electron chi connectivity index (χ2n) is 4.14. The lowest BCUT2D eigenvalue weighted by atomic mass is 10.2. The smallest absolute Gasteiger partial charge is 0.164 e. The summed E-state index contributed by atoms with van der Waals surface area (Å²) >= 11 is 0. The van der Waals surface area contributed by atoms with Crippen LogP contribution in [-0.2, 0) is 6.61 Å². The average Bonchev–Trinajstić information content (AvgIpc) is 2.52. The molecule has 0 aliphatic carbocycles. The molecule has 0 spiro atoms. The Kier molecular flexibility index (Phi) is 4.60. The SMILES string of the molecule is COc1cc(OC)c(OCc2ccccc2)cc1C=O. The van der Waals surface area contributed by atoms with Crippen molar-refractivity contribution in [1.29, 1.82) is 0 Å². The average molecular weight is 272 g/mol. The van der Waals surface area contributed by atoms with Crippen molar-refractivity contribution in [1.82, 2.24) is 0 Å². The van der Waals surface area contributed by atoms with Gasteiger partial charge in [-0.25, -0.2) is 0 Å². The summed E-state index contributed by atoms with van der Waals surface area (Å²) in [6.45, 7) is 0.405. The zero-order valence-corrected chi connectivity index (χ0v) is 11.5. The highest BCUT2D eigenvalue weighted by molar-refractivity contribution is 5.81. The van der Waals surface area contributed by atoms with Crippen molar-refractivity contribution in [2.75, 3.05) is 14.2 Å². The molecule has 0 N–H and O–H groups in total. The molecule has 4 nitrogen and oxygen atoms in total. The van der Waals surface area contributed by atoms with Crippen molar-refractivity contribution in [3.05, 3.63) is 53.6 Å². The predicted molar refractivity (Wildman–Crippen MR) is 75.7 cm³/mol. The van der Waals surface area contributed by atoms with Gasteiger partial charge in [0, 0.05) is 6.07 Å². The van der Waals surface area contributed by atoms with E-state index in [9.17, 15) is 4.79 Å². The fourth-order valence-electron chi connectivity index (χ4n) is 1.83. The number of carbonyl (C=O) groups excluding carboxylic acids is 1.